The van der Waals surface area contributed by atoms with Gasteiger partial charge in [0.15, 0.2) is 16.8 Å². The Morgan fingerprint density at radius 1 is 0.875 bits per heavy atom. The second-order valence-electron chi connectivity index (χ2n) is 4.70. The standard InChI is InChI=1S/C15H11Cl3N6/c16-8-3-4-10(9(17)6-8)23-14-12(19)15(22-7-21-14)24-11-2-1-5-20-13(11)18/h1-7H,19H2,(H2,21,22,23,24). The fourth-order valence-corrected chi connectivity index (χ4v) is 2.54. The smallest absolute Gasteiger partial charge is 0.159 e. The molecule has 3 rings (SSSR count). The van der Waals surface area contributed by atoms with Crippen molar-refractivity contribution < 1.29 is 0 Å². The number of rotatable bonds is 4. The number of pyridine rings is 1. The molecule has 0 fully saturated rings. The predicted octanol–water partition coefficient (Wildman–Crippen LogP) is 4.90. The summed E-state index contributed by atoms with van der Waals surface area (Å²) in [5.74, 6) is 0.796. The van der Waals surface area contributed by atoms with Crippen molar-refractivity contribution in [2.24, 2.45) is 0 Å². The van der Waals surface area contributed by atoms with Crippen LogP contribution in [0.2, 0.25) is 15.2 Å². The highest BCUT2D eigenvalue weighted by atomic mass is 35.5. The molecule has 0 unspecified atom stereocenters. The van der Waals surface area contributed by atoms with Crippen molar-refractivity contribution in [2.75, 3.05) is 16.4 Å². The fourth-order valence-electron chi connectivity index (χ4n) is 1.92. The van der Waals surface area contributed by atoms with Gasteiger partial charge >= 0.3 is 0 Å². The van der Waals surface area contributed by atoms with Gasteiger partial charge in [-0.2, -0.15) is 0 Å². The second kappa shape index (κ2) is 7.09. The molecule has 1 aromatic carbocycles. The average Bonchev–Trinajstić information content (AvgIpc) is 2.55. The van der Waals surface area contributed by atoms with E-state index in [1.54, 1.807) is 36.5 Å². The molecule has 9 heteroatoms. The fraction of sp³-hybridized carbons (Fsp3) is 0. The monoisotopic (exact) mass is 380 g/mol. The quantitative estimate of drug-likeness (QED) is 0.557. The lowest BCUT2D eigenvalue weighted by Crippen LogP contribution is -2.05. The molecule has 2 aromatic heterocycles. The lowest BCUT2D eigenvalue weighted by molar-refractivity contribution is 1.17. The maximum atomic E-state index is 6.15. The summed E-state index contributed by atoms with van der Waals surface area (Å²) in [5, 5.41) is 7.38. The molecular formula is C15H11Cl3N6. The Labute approximate surface area is 153 Å². The Bertz CT molecular complexity index is 887. The third-order valence-corrected chi connectivity index (χ3v) is 3.93. The molecule has 0 aliphatic carbocycles. The number of nitrogens with two attached hydrogens (primary N) is 1. The number of hydrogen-bond acceptors (Lipinski definition) is 6. The first-order chi connectivity index (χ1) is 11.5. The van der Waals surface area contributed by atoms with Crippen LogP contribution >= 0.6 is 34.8 Å². The molecule has 0 bridgehead atoms. The van der Waals surface area contributed by atoms with Gasteiger partial charge in [0.2, 0.25) is 0 Å². The maximum Gasteiger partial charge on any atom is 0.159 e. The van der Waals surface area contributed by atoms with Crippen molar-refractivity contribution >= 4 is 63.5 Å². The van der Waals surface area contributed by atoms with Crippen LogP contribution in [-0.4, -0.2) is 15.0 Å². The molecule has 122 valence electrons. The van der Waals surface area contributed by atoms with Crippen LogP contribution in [0.4, 0.5) is 28.7 Å². The van der Waals surface area contributed by atoms with Gasteiger partial charge in [0.1, 0.15) is 12.0 Å². The lowest BCUT2D eigenvalue weighted by atomic mass is 10.3. The van der Waals surface area contributed by atoms with Crippen LogP contribution < -0.4 is 16.4 Å². The van der Waals surface area contributed by atoms with Gasteiger partial charge in [-0.05, 0) is 30.3 Å². The van der Waals surface area contributed by atoms with Gasteiger partial charge in [-0.15, -0.1) is 0 Å². The normalized spacial score (nSPS) is 10.5. The second-order valence-corrected chi connectivity index (χ2v) is 5.90. The van der Waals surface area contributed by atoms with Gasteiger partial charge < -0.3 is 16.4 Å². The summed E-state index contributed by atoms with van der Waals surface area (Å²) >= 11 is 18.1. The minimum absolute atomic E-state index is 0.309. The molecular weight excluding hydrogens is 371 g/mol. The van der Waals surface area contributed by atoms with Crippen LogP contribution in [0.15, 0.2) is 42.9 Å². The van der Waals surface area contributed by atoms with Crippen molar-refractivity contribution in [2.45, 2.75) is 0 Å². The van der Waals surface area contributed by atoms with E-state index in [2.05, 4.69) is 25.6 Å². The van der Waals surface area contributed by atoms with E-state index in [9.17, 15) is 0 Å². The van der Waals surface area contributed by atoms with E-state index in [4.69, 9.17) is 40.5 Å². The Hall–Kier alpha value is -2.28. The molecule has 0 aliphatic heterocycles. The lowest BCUT2D eigenvalue weighted by Gasteiger charge is -2.13. The highest BCUT2D eigenvalue weighted by Gasteiger charge is 2.11. The number of hydrogen-bond donors (Lipinski definition) is 3. The topological polar surface area (TPSA) is 88.8 Å². The molecule has 0 amide bonds. The number of benzene rings is 1. The summed E-state index contributed by atoms with van der Waals surface area (Å²) in [6, 6.07) is 8.58. The van der Waals surface area contributed by atoms with Crippen LogP contribution in [0.3, 0.4) is 0 Å². The van der Waals surface area contributed by atoms with Gasteiger partial charge in [-0.1, -0.05) is 34.8 Å². The van der Waals surface area contributed by atoms with E-state index >= 15 is 0 Å². The number of anilines is 5. The molecule has 24 heavy (non-hydrogen) atoms. The number of aromatic nitrogens is 3. The molecule has 0 saturated heterocycles. The molecule has 3 aromatic rings. The minimum Gasteiger partial charge on any atom is -0.393 e. The molecule has 0 saturated carbocycles. The van der Waals surface area contributed by atoms with E-state index < -0.39 is 0 Å². The van der Waals surface area contributed by atoms with Crippen LogP contribution in [0, 0.1) is 0 Å². The molecule has 0 aliphatic rings. The minimum atomic E-state index is 0.309. The zero-order chi connectivity index (χ0) is 17.1. The van der Waals surface area contributed by atoms with E-state index in [1.807, 2.05) is 0 Å². The van der Waals surface area contributed by atoms with Gasteiger partial charge in [-0.3, -0.25) is 0 Å². The van der Waals surface area contributed by atoms with Gasteiger partial charge in [0, 0.05) is 11.2 Å². The number of halogens is 3. The van der Waals surface area contributed by atoms with Crippen LogP contribution in [-0.2, 0) is 0 Å². The Morgan fingerprint density at radius 2 is 1.58 bits per heavy atom. The molecule has 6 nitrogen and oxygen atoms in total. The van der Waals surface area contributed by atoms with Gasteiger partial charge in [-0.25, -0.2) is 15.0 Å². The van der Waals surface area contributed by atoms with Crippen molar-refractivity contribution in [3.8, 4) is 0 Å². The molecule has 0 spiro atoms. The summed E-state index contributed by atoms with van der Waals surface area (Å²) in [7, 11) is 0. The molecule has 4 N–H and O–H groups in total. The van der Waals surface area contributed by atoms with Crippen LogP contribution in [0.1, 0.15) is 0 Å². The first-order valence-electron chi connectivity index (χ1n) is 6.74. The van der Waals surface area contributed by atoms with Crippen LogP contribution in [0.25, 0.3) is 0 Å². The summed E-state index contributed by atoms with van der Waals surface area (Å²) in [6.45, 7) is 0. The third kappa shape index (κ3) is 3.62. The molecule has 0 atom stereocenters. The van der Waals surface area contributed by atoms with Crippen molar-refractivity contribution in [3.05, 3.63) is 58.1 Å². The Morgan fingerprint density at radius 3 is 2.25 bits per heavy atom. The SMILES string of the molecule is Nc1c(Nc2ccc(Cl)cc2Cl)ncnc1Nc1cccnc1Cl. The highest BCUT2D eigenvalue weighted by Crippen LogP contribution is 2.32. The average molecular weight is 382 g/mol. The van der Waals surface area contributed by atoms with E-state index in [1.165, 1.54) is 6.33 Å². The molecule has 0 radical (unpaired) electrons. The van der Waals surface area contributed by atoms with Gasteiger partial charge in [0.05, 0.1) is 16.4 Å². The third-order valence-electron chi connectivity index (χ3n) is 3.08. The first kappa shape index (κ1) is 16.6. The Kier molecular flexibility index (Phi) is 4.89. The zero-order valence-electron chi connectivity index (χ0n) is 12.1. The van der Waals surface area contributed by atoms with E-state index in [0.29, 0.717) is 43.9 Å². The zero-order valence-corrected chi connectivity index (χ0v) is 14.4. The number of nitrogen functional groups attached to an aromatic ring is 1. The summed E-state index contributed by atoms with van der Waals surface area (Å²) in [4.78, 5) is 12.2. The van der Waals surface area contributed by atoms with Crippen LogP contribution in [0.5, 0.6) is 0 Å². The van der Waals surface area contributed by atoms with E-state index in [0.717, 1.165) is 0 Å². The highest BCUT2D eigenvalue weighted by molar-refractivity contribution is 6.36. The van der Waals surface area contributed by atoms with Crippen molar-refractivity contribution in [3.63, 3.8) is 0 Å². The summed E-state index contributed by atoms with van der Waals surface area (Å²) < 4.78 is 0. The van der Waals surface area contributed by atoms with Crippen molar-refractivity contribution in [1.82, 2.24) is 15.0 Å². The van der Waals surface area contributed by atoms with Gasteiger partial charge in [0.25, 0.3) is 0 Å². The largest absolute Gasteiger partial charge is 0.393 e. The van der Waals surface area contributed by atoms with Crippen molar-refractivity contribution in [1.29, 1.82) is 0 Å². The van der Waals surface area contributed by atoms with E-state index in [-0.39, 0.29) is 0 Å². The number of nitrogens with zero attached hydrogens (tertiary/aromatic N) is 3. The summed E-state index contributed by atoms with van der Waals surface area (Å²) in [6.07, 6.45) is 2.96. The summed E-state index contributed by atoms with van der Waals surface area (Å²) in [5.41, 5.74) is 7.64. The Balaban J connectivity index is 1.89. The first-order valence-corrected chi connectivity index (χ1v) is 7.88. The maximum absolute atomic E-state index is 6.15. The number of nitrogens with one attached hydrogen (secondary N) is 2. The predicted molar refractivity (Wildman–Crippen MR) is 98.7 cm³/mol. The molecule has 2 heterocycles.